The van der Waals surface area contributed by atoms with Crippen molar-refractivity contribution in [1.29, 1.82) is 0 Å². The van der Waals surface area contributed by atoms with Gasteiger partial charge in [-0.25, -0.2) is 0 Å². The quantitative estimate of drug-likeness (QED) is 0.690. The number of amides is 2. The number of carbonyl (C=O) groups excluding carboxylic acids is 2. The molecule has 6 nitrogen and oxygen atoms in total. The second-order valence-electron chi connectivity index (χ2n) is 7.93. The van der Waals surface area contributed by atoms with Gasteiger partial charge in [0.1, 0.15) is 5.70 Å². The zero-order valence-corrected chi connectivity index (χ0v) is 18.0. The molecule has 1 saturated heterocycles. The van der Waals surface area contributed by atoms with Crippen LogP contribution >= 0.6 is 11.6 Å². The first-order chi connectivity index (χ1) is 14.5. The number of pyridine rings is 1. The van der Waals surface area contributed by atoms with Crippen molar-refractivity contribution in [3.05, 3.63) is 70.6 Å². The minimum absolute atomic E-state index is 0.202. The number of hydrogen-bond donors (Lipinski definition) is 0. The van der Waals surface area contributed by atoms with Crippen LogP contribution in [-0.2, 0) is 16.1 Å². The molecule has 0 radical (unpaired) electrons. The molecule has 0 atom stereocenters. The Morgan fingerprint density at radius 3 is 2.43 bits per heavy atom. The summed E-state index contributed by atoms with van der Waals surface area (Å²) in [5, 5.41) is 0.591. The minimum atomic E-state index is -0.277. The van der Waals surface area contributed by atoms with Crippen LogP contribution in [0.15, 0.2) is 54.5 Å². The summed E-state index contributed by atoms with van der Waals surface area (Å²) in [5.41, 5.74) is 2.45. The predicted molar refractivity (Wildman–Crippen MR) is 116 cm³/mol. The molecule has 1 aromatic carbocycles. The van der Waals surface area contributed by atoms with Crippen molar-refractivity contribution in [3.63, 3.8) is 0 Å². The number of likely N-dealkylation sites (tertiary alicyclic amines) is 1. The van der Waals surface area contributed by atoms with Gasteiger partial charge in [0.25, 0.3) is 11.8 Å². The molecule has 0 spiro atoms. The highest BCUT2D eigenvalue weighted by Gasteiger charge is 2.42. The molecule has 3 heterocycles. The van der Waals surface area contributed by atoms with E-state index in [9.17, 15) is 9.59 Å². The third-order valence-electron chi connectivity index (χ3n) is 5.93. The fraction of sp³-hybridized carbons (Fsp3) is 0.348. The number of nitrogens with zero attached hydrogens (tertiary/aromatic N) is 4. The number of halogens is 1. The van der Waals surface area contributed by atoms with E-state index in [0.717, 1.165) is 31.5 Å². The first kappa shape index (κ1) is 20.6. The molecule has 2 amide bonds. The van der Waals surface area contributed by atoms with Gasteiger partial charge >= 0.3 is 0 Å². The molecule has 1 fully saturated rings. The molecule has 0 unspecified atom stereocenters. The average Bonchev–Trinajstić information content (AvgIpc) is 3.00. The van der Waals surface area contributed by atoms with Gasteiger partial charge in [0.15, 0.2) is 0 Å². The smallest absolute Gasteiger partial charge is 0.278 e. The van der Waals surface area contributed by atoms with Gasteiger partial charge in [0.05, 0.1) is 12.1 Å². The number of benzene rings is 1. The molecule has 0 N–H and O–H groups in total. The summed E-state index contributed by atoms with van der Waals surface area (Å²) >= 11 is 6.05. The lowest BCUT2D eigenvalue weighted by Gasteiger charge is -2.36. The number of imide groups is 1. The molecule has 1 aromatic heterocycles. The lowest BCUT2D eigenvalue weighted by molar-refractivity contribution is -0.138. The summed E-state index contributed by atoms with van der Waals surface area (Å²) in [7, 11) is 4.04. The van der Waals surface area contributed by atoms with Crippen molar-refractivity contribution >= 4 is 29.0 Å². The molecule has 2 aliphatic heterocycles. The van der Waals surface area contributed by atoms with Crippen molar-refractivity contribution in [1.82, 2.24) is 19.7 Å². The molecule has 0 aliphatic carbocycles. The number of aromatic nitrogens is 1. The Bertz CT molecular complexity index is 966. The van der Waals surface area contributed by atoms with E-state index in [2.05, 4.69) is 16.9 Å². The summed E-state index contributed by atoms with van der Waals surface area (Å²) in [6.45, 7) is 2.15. The average molecular weight is 425 g/mol. The van der Waals surface area contributed by atoms with Gasteiger partial charge in [0, 0.05) is 30.5 Å². The first-order valence-corrected chi connectivity index (χ1v) is 10.5. The van der Waals surface area contributed by atoms with Crippen molar-refractivity contribution < 1.29 is 9.59 Å². The van der Waals surface area contributed by atoms with Crippen LogP contribution in [0.5, 0.6) is 0 Å². The van der Waals surface area contributed by atoms with E-state index < -0.39 is 0 Å². The highest BCUT2D eigenvalue weighted by molar-refractivity contribution is 6.35. The molecule has 0 bridgehead atoms. The molecule has 2 aliphatic rings. The van der Waals surface area contributed by atoms with Gasteiger partial charge in [0.2, 0.25) is 0 Å². The Balaban J connectivity index is 1.71. The van der Waals surface area contributed by atoms with Gasteiger partial charge in [-0.15, -0.1) is 0 Å². The van der Waals surface area contributed by atoms with Gasteiger partial charge in [-0.1, -0.05) is 29.8 Å². The van der Waals surface area contributed by atoms with Crippen LogP contribution in [0.2, 0.25) is 5.02 Å². The van der Waals surface area contributed by atoms with Gasteiger partial charge in [-0.2, -0.15) is 0 Å². The topological polar surface area (TPSA) is 56.8 Å². The fourth-order valence-electron chi connectivity index (χ4n) is 4.15. The second kappa shape index (κ2) is 8.58. The second-order valence-corrected chi connectivity index (χ2v) is 8.37. The number of rotatable bonds is 5. The summed E-state index contributed by atoms with van der Waals surface area (Å²) in [4.78, 5) is 36.6. The monoisotopic (exact) mass is 424 g/mol. The van der Waals surface area contributed by atoms with Crippen LogP contribution in [0.3, 0.4) is 0 Å². The van der Waals surface area contributed by atoms with Crippen LogP contribution in [0, 0.1) is 0 Å². The highest BCUT2D eigenvalue weighted by atomic mass is 35.5. The van der Waals surface area contributed by atoms with Crippen LogP contribution in [0.25, 0.3) is 5.57 Å². The first-order valence-electron chi connectivity index (χ1n) is 10.1. The summed E-state index contributed by atoms with van der Waals surface area (Å²) < 4.78 is 0. The number of hydrogen-bond acceptors (Lipinski definition) is 5. The highest BCUT2D eigenvalue weighted by Crippen LogP contribution is 2.34. The molecule has 156 valence electrons. The van der Waals surface area contributed by atoms with Crippen molar-refractivity contribution in [2.24, 2.45) is 0 Å². The Morgan fingerprint density at radius 1 is 1.10 bits per heavy atom. The minimum Gasteiger partial charge on any atom is -0.366 e. The van der Waals surface area contributed by atoms with Crippen LogP contribution in [-0.4, -0.2) is 64.7 Å². The normalized spacial score (nSPS) is 18.4. The summed E-state index contributed by atoms with van der Waals surface area (Å²) in [5.74, 6) is -0.531. The van der Waals surface area contributed by atoms with Gasteiger partial charge < -0.3 is 9.80 Å². The Morgan fingerprint density at radius 2 is 1.80 bits per heavy atom. The maximum atomic E-state index is 13.5. The van der Waals surface area contributed by atoms with E-state index in [1.54, 1.807) is 42.7 Å². The van der Waals surface area contributed by atoms with Crippen LogP contribution in [0.1, 0.15) is 24.0 Å². The lowest BCUT2D eigenvalue weighted by atomic mass is 10.0. The van der Waals surface area contributed by atoms with Crippen LogP contribution in [0.4, 0.5) is 0 Å². The van der Waals surface area contributed by atoms with E-state index in [4.69, 9.17) is 11.6 Å². The number of piperidine rings is 1. The molecular formula is C23H25ClN4O2. The Labute approximate surface area is 181 Å². The number of likely N-dealkylation sites (N-methyl/N-ethyl adjacent to an activating group) is 1. The Kier molecular flexibility index (Phi) is 5.88. The van der Waals surface area contributed by atoms with E-state index in [1.807, 2.05) is 18.0 Å². The molecule has 4 rings (SSSR count). The standard InChI is InChI=1S/C23H25ClN4O2/c1-26-12-9-19(10-13-26)27(2)21-20(17-5-7-18(24)8-6-17)22(29)28(23(21)30)15-16-4-3-11-25-14-16/h3-8,11,14,19H,9-10,12-13,15H2,1-2H3. The maximum Gasteiger partial charge on any atom is 0.278 e. The lowest BCUT2D eigenvalue weighted by Crippen LogP contribution is -2.43. The maximum absolute atomic E-state index is 13.5. The largest absolute Gasteiger partial charge is 0.366 e. The van der Waals surface area contributed by atoms with E-state index >= 15 is 0 Å². The SMILES string of the molecule is CN1CCC(N(C)C2=C(c3ccc(Cl)cc3)C(=O)N(Cc3cccnc3)C2=O)CC1. The third kappa shape index (κ3) is 3.98. The van der Waals surface area contributed by atoms with Crippen molar-refractivity contribution in [2.75, 3.05) is 27.2 Å². The van der Waals surface area contributed by atoms with Crippen molar-refractivity contribution in [2.45, 2.75) is 25.4 Å². The zero-order valence-electron chi connectivity index (χ0n) is 17.2. The zero-order chi connectivity index (χ0) is 21.3. The molecule has 7 heteroatoms. The third-order valence-corrected chi connectivity index (χ3v) is 6.18. The summed E-state index contributed by atoms with van der Waals surface area (Å²) in [6, 6.07) is 11.0. The van der Waals surface area contributed by atoms with Crippen LogP contribution < -0.4 is 0 Å². The molecule has 0 saturated carbocycles. The number of carbonyl (C=O) groups is 2. The summed E-state index contributed by atoms with van der Waals surface area (Å²) in [6.07, 6.45) is 5.26. The fourth-order valence-corrected chi connectivity index (χ4v) is 4.28. The van der Waals surface area contributed by atoms with E-state index in [1.165, 1.54) is 4.90 Å². The van der Waals surface area contributed by atoms with Gasteiger partial charge in [-0.3, -0.25) is 19.5 Å². The molecule has 30 heavy (non-hydrogen) atoms. The predicted octanol–water partition coefficient (Wildman–Crippen LogP) is 3.04. The van der Waals surface area contributed by atoms with Gasteiger partial charge in [-0.05, 0) is 62.3 Å². The van der Waals surface area contributed by atoms with Crippen molar-refractivity contribution in [3.8, 4) is 0 Å². The van der Waals surface area contributed by atoms with E-state index in [0.29, 0.717) is 21.9 Å². The molecular weight excluding hydrogens is 400 g/mol. The molecule has 2 aromatic rings. The van der Waals surface area contributed by atoms with E-state index in [-0.39, 0.29) is 24.4 Å². The Hall–Kier alpha value is -2.70.